The van der Waals surface area contributed by atoms with E-state index in [0.717, 1.165) is 26.6 Å². The van der Waals surface area contributed by atoms with Gasteiger partial charge in [0.05, 0.1) is 57.0 Å². The predicted molar refractivity (Wildman–Crippen MR) is 547 cm³/mol. The maximum Gasteiger partial charge on any atom is 0.246 e. The Kier molecular flexibility index (Phi) is 45.6. The molecule has 3 aromatic carbocycles. The number of unbranched alkanes of at least 4 members (excludes halogenated alkanes) is 2. The maximum absolute atomic E-state index is 15.7. The smallest absolute Gasteiger partial charge is 0.246 e. The Morgan fingerprint density at radius 3 is 1.60 bits per heavy atom. The number of fused-ring (bicyclic) bond motifs is 4. The fourth-order valence-electron chi connectivity index (χ4n) is 17.8. The Morgan fingerprint density at radius 2 is 1.04 bits per heavy atom. The number of likely N-dealkylation sites (N-methyl/N-ethyl adjacent to an activating group) is 3. The number of imidazole rings is 1. The predicted octanol–water partition coefficient (Wildman–Crippen LogP) is -6.25. The van der Waals surface area contributed by atoms with E-state index in [-0.39, 0.29) is 127 Å². The molecule has 6 aromatic rings. The summed E-state index contributed by atoms with van der Waals surface area (Å²) in [4.78, 5) is 309. The van der Waals surface area contributed by atoms with Gasteiger partial charge in [0.2, 0.25) is 118 Å². The lowest BCUT2D eigenvalue weighted by Gasteiger charge is -2.36. The summed E-state index contributed by atoms with van der Waals surface area (Å²) in [6, 6.07) is -4.54. The van der Waals surface area contributed by atoms with E-state index < -0.39 is 266 Å². The number of hydrogen-bond donors (Lipinski definition) is 25. The van der Waals surface area contributed by atoms with E-state index in [1.807, 2.05) is 0 Å². The van der Waals surface area contributed by atoms with Crippen molar-refractivity contribution >= 4 is 158 Å². The Balaban J connectivity index is 1.08. The van der Waals surface area contributed by atoms with Crippen LogP contribution in [0.4, 0.5) is 0 Å². The zero-order chi connectivity index (χ0) is 110. The number of para-hydroxylation sites is 2. The van der Waals surface area contributed by atoms with Crippen molar-refractivity contribution < 1.29 is 111 Å². The Morgan fingerprint density at radius 1 is 0.520 bits per heavy atom. The van der Waals surface area contributed by atoms with E-state index in [1.165, 1.54) is 62.7 Å². The summed E-state index contributed by atoms with van der Waals surface area (Å²) in [5.74, 6) is -21.9. The van der Waals surface area contributed by atoms with Gasteiger partial charge in [-0.15, -0.1) is 11.8 Å². The van der Waals surface area contributed by atoms with Gasteiger partial charge in [0.15, 0.2) is 5.96 Å². The first-order chi connectivity index (χ1) is 71.5. The van der Waals surface area contributed by atoms with E-state index in [1.54, 1.807) is 81.7 Å². The third kappa shape index (κ3) is 34.4. The zero-order valence-electron chi connectivity index (χ0n) is 84.9. The largest absolute Gasteiger partial charge is 0.508 e. The molecule has 0 unspecified atom stereocenters. The molecule has 816 valence electrons. The number of nitrogens with zero attached hydrogens (tertiary/aromatic N) is 6. The Bertz CT molecular complexity index is 5770. The zero-order valence-corrected chi connectivity index (χ0v) is 85.7. The Hall–Kier alpha value is -15.4. The average Bonchev–Trinajstić information content (AvgIpc) is 1.36. The van der Waals surface area contributed by atoms with Crippen molar-refractivity contribution in [1.82, 2.24) is 119 Å². The highest BCUT2D eigenvalue weighted by Gasteiger charge is 2.46. The van der Waals surface area contributed by atoms with Gasteiger partial charge in [-0.05, 0) is 131 Å². The molecular weight excluding hydrogens is 1970 g/mol. The van der Waals surface area contributed by atoms with Crippen LogP contribution in [0.15, 0.2) is 97.7 Å². The van der Waals surface area contributed by atoms with Crippen molar-refractivity contribution in [3.63, 3.8) is 0 Å². The number of aliphatic hydroxyl groups excluding tert-OH is 2. The number of carbonyl (C=O) groups excluding carboxylic acids is 20. The van der Waals surface area contributed by atoms with Gasteiger partial charge in [-0.3, -0.25) is 101 Å². The molecule has 29 N–H and O–H groups in total. The van der Waals surface area contributed by atoms with Crippen molar-refractivity contribution in [3.05, 3.63) is 120 Å². The van der Waals surface area contributed by atoms with Crippen LogP contribution in [0.5, 0.6) is 5.75 Å². The normalized spacial score (nSPS) is 23.0. The number of carbonyl (C=O) groups is 20. The molecule has 20 amide bonds. The molecule has 15 atom stereocenters. The molecule has 150 heavy (non-hydrogen) atoms. The van der Waals surface area contributed by atoms with E-state index in [0.29, 0.717) is 76.1 Å². The van der Waals surface area contributed by atoms with Crippen molar-refractivity contribution in [1.29, 1.82) is 5.41 Å². The fourth-order valence-corrected chi connectivity index (χ4v) is 18.6. The van der Waals surface area contributed by atoms with Crippen LogP contribution < -0.4 is 97.4 Å². The number of aromatic nitrogens is 4. The summed E-state index contributed by atoms with van der Waals surface area (Å²) >= 11 is 0.659. The molecule has 9 rings (SSSR count). The summed E-state index contributed by atoms with van der Waals surface area (Å²) in [7, 11) is 3.57. The van der Waals surface area contributed by atoms with E-state index in [4.69, 9.17) is 28.3 Å². The van der Waals surface area contributed by atoms with Crippen molar-refractivity contribution in [2.45, 2.75) is 234 Å². The summed E-state index contributed by atoms with van der Waals surface area (Å²) in [5.41, 5.74) is 25.2. The molecular formula is C98H140N28O23S. The number of rotatable bonds is 34. The van der Waals surface area contributed by atoms with Gasteiger partial charge in [-0.25, -0.2) is 4.98 Å². The van der Waals surface area contributed by atoms with E-state index >= 15 is 52.7 Å². The minimum Gasteiger partial charge on any atom is -0.508 e. The number of H-pyrrole nitrogens is 3. The van der Waals surface area contributed by atoms with Crippen LogP contribution in [-0.4, -0.2) is 366 Å². The number of thioether (sulfide) groups is 1. The molecule has 51 nitrogen and oxygen atoms in total. The highest BCUT2D eigenvalue weighted by atomic mass is 32.2. The lowest BCUT2D eigenvalue weighted by Crippen LogP contribution is -2.62. The van der Waals surface area contributed by atoms with Gasteiger partial charge < -0.3 is 152 Å². The molecule has 3 aliphatic heterocycles. The highest BCUT2D eigenvalue weighted by Crippen LogP contribution is 2.28. The molecule has 0 aliphatic carbocycles. The van der Waals surface area contributed by atoms with Crippen molar-refractivity contribution in [2.24, 2.45) is 28.9 Å². The summed E-state index contributed by atoms with van der Waals surface area (Å²) in [6.45, 7) is 1.95. The van der Waals surface area contributed by atoms with Crippen LogP contribution >= 0.6 is 11.8 Å². The second-order valence-corrected chi connectivity index (χ2v) is 38.7. The molecule has 0 radical (unpaired) electrons. The van der Waals surface area contributed by atoms with Gasteiger partial charge in [0.25, 0.3) is 0 Å². The summed E-state index contributed by atoms with van der Waals surface area (Å²) in [6.07, 6.45) is 5.42. The lowest BCUT2D eigenvalue weighted by atomic mass is 10.0. The number of benzene rings is 3. The first-order valence-electron chi connectivity index (χ1n) is 49.8. The summed E-state index contributed by atoms with van der Waals surface area (Å²) in [5, 5.41) is 77.6. The van der Waals surface area contributed by atoms with Crippen LogP contribution in [-0.2, 0) is 122 Å². The van der Waals surface area contributed by atoms with Gasteiger partial charge in [0.1, 0.15) is 96.4 Å². The number of aromatic amines is 3. The minimum atomic E-state index is -1.92. The first-order valence-corrected chi connectivity index (χ1v) is 50.9. The molecule has 0 saturated carbocycles. The van der Waals surface area contributed by atoms with E-state index in [2.05, 4.69) is 94.4 Å². The average molecular weight is 2110 g/mol. The number of primary amides is 2. The van der Waals surface area contributed by atoms with E-state index in [9.17, 15) is 58.5 Å². The lowest BCUT2D eigenvalue weighted by molar-refractivity contribution is -0.150. The number of amides is 20. The number of phenols is 1. The third-order valence-corrected chi connectivity index (χ3v) is 27.2. The first kappa shape index (κ1) is 118. The topological polar surface area (TPSA) is 775 Å². The second kappa shape index (κ2) is 57.8. The third-order valence-electron chi connectivity index (χ3n) is 26.1. The van der Waals surface area contributed by atoms with Gasteiger partial charge in [-0.1, -0.05) is 82.1 Å². The number of nitrogens with one attached hydrogen (secondary N) is 18. The number of aliphatic hydroxyl groups is 2. The number of hydrogen-bond acceptors (Lipinski definition) is 27. The van der Waals surface area contributed by atoms with Crippen LogP contribution in [0.1, 0.15) is 140 Å². The van der Waals surface area contributed by atoms with Gasteiger partial charge in [0, 0.05) is 113 Å². The number of guanidine groups is 1. The summed E-state index contributed by atoms with van der Waals surface area (Å²) < 4.78 is 0. The van der Waals surface area contributed by atoms with Crippen molar-refractivity contribution in [2.75, 3.05) is 91.7 Å². The molecule has 6 heterocycles. The quantitative estimate of drug-likeness (QED) is 0.0102. The Labute approximate surface area is 869 Å². The minimum absolute atomic E-state index is 0.0289. The molecule has 3 aromatic heterocycles. The number of phenolic OH excluding ortho intramolecular Hbond substituents is 1. The number of nitrogens with two attached hydrogens (primary N) is 4. The SMILES string of the molecule is CCCC[C@H]1C(=O)N(C)[C@@H](CO)C(=O)N[C@@H](CCCNC(=N)N)C(=O)N[C@H](C(=O)NCC(=O)NCC(=O)NCC(=O)N[C@@H](CCCCN)C(N)=O)CSCC(=O)N[C@@H](Cc2ccc(O)cc2)C(=O)N(C)[C@@H](C)C(=O)N[C@@H](CC(N)=O)C(=O)N2CCC[C@H]2C(=O)N[C@@H](Cc2c[nH]cn2)C(=O)N[C@@H](CC(C)C)C(=O)N2CCC[C@H]2C(=O)N[C@@H](Cc2c[nH]c3ccccc23)C(=O)N[C@@H](CO)C(=O)N[C@@H](Cc2c[nH]c3ccccc23)C(=O)N1C. The standard InChI is InChI=1S/C98H140N28O23S/c1-8-9-25-76-97(149)124(7)77(49-128)92(144)114-65(24-16-33-105-98(102)103)86(138)121-73(85(137)110-46-80(132)108-45-79(131)109-47-81(133)112-64(83(101)135)23-14-15-32-99)50-150-51-82(134)113-69(37-55-28-30-59(129)31-29-55)93(145)122(5)54(4)84(136)117-71(41-78(100)130)96(148)126-35-18-27-75(126)91(143)116-67(40-58-44-104-52-111-58)88(140)118-68(36-53(2)3)95(147)125-34-17-26-74(125)90(142)115-66(38-56-42-106-62-21-12-10-19-60(56)62)87(139)120-72(48-127)89(141)119-70(94(146)123(76)6)39-57-43-107-63-22-13-11-20-61(57)63/h10-13,19-22,28-31,42-44,52-54,64-77,106-107,127-129H,8-9,14-18,23-27,32-41,45-51,99H2,1-7H3,(H2,100,130)(H2,101,135)(H,104,111)(H,108,132)(H,109,131)(H,110,137)(H,112,133)(H,113,134)(H,114,144)(H,115,142)(H,116,143)(H,117,136)(H,118,140)(H,119,141)(H,120,139)(H,121,138)(H4,102,103,105)/t54-,64-,65-,66-,67-,68-,69-,70-,71-,72-,73-,74-,75-,76-,77-/m0/s1. The van der Waals surface area contributed by atoms with Crippen LogP contribution in [0, 0.1) is 11.3 Å². The second-order valence-electron chi connectivity index (χ2n) is 37.7. The fraction of sp³-hybridized carbons (Fsp3) is 0.531. The highest BCUT2D eigenvalue weighted by molar-refractivity contribution is 8.00. The molecule has 3 aliphatic rings. The molecule has 3 saturated heterocycles. The van der Waals surface area contributed by atoms with Crippen LogP contribution in [0.3, 0.4) is 0 Å². The van der Waals surface area contributed by atoms with Gasteiger partial charge >= 0.3 is 0 Å². The van der Waals surface area contributed by atoms with Crippen LogP contribution in [0.25, 0.3) is 21.8 Å². The van der Waals surface area contributed by atoms with Crippen molar-refractivity contribution in [3.8, 4) is 5.75 Å². The molecule has 52 heteroatoms. The monoisotopic (exact) mass is 2110 g/mol. The number of aromatic hydroxyl groups is 1. The molecule has 0 spiro atoms. The van der Waals surface area contributed by atoms with Gasteiger partial charge in [-0.2, -0.15) is 0 Å². The molecule has 0 bridgehead atoms. The maximum atomic E-state index is 15.7. The van der Waals surface area contributed by atoms with Crippen LogP contribution in [0.2, 0.25) is 0 Å². The molecule has 3 fully saturated rings.